The van der Waals surface area contributed by atoms with Crippen molar-refractivity contribution in [2.75, 3.05) is 17.5 Å². The molecule has 0 aliphatic heterocycles. The van der Waals surface area contributed by atoms with E-state index >= 15 is 0 Å². The van der Waals surface area contributed by atoms with Gasteiger partial charge in [0.25, 0.3) is 10.0 Å². The number of nitrogens with zero attached hydrogens (tertiary/aromatic N) is 2. The standard InChI is InChI=1S/C32H37Cl2N3O5S/c1-4-42-30-15-8-7-14-29(30)37(43(40,41)25-18-16-22(2)17-19-25)21-31(38)36(20-26-27(33)12-9-13-28(26)34)23(3)32(39)35-24-10-5-6-11-24/h7-9,12-19,23-24H,4-6,10-11,20-21H2,1-3H3,(H,35,39). The number of para-hydroxylation sites is 2. The van der Waals surface area contributed by atoms with Crippen LogP contribution in [0.15, 0.2) is 71.6 Å². The number of carbonyl (C=O) groups is 2. The molecule has 0 aromatic heterocycles. The number of benzene rings is 3. The van der Waals surface area contributed by atoms with Gasteiger partial charge in [0.05, 0.1) is 17.2 Å². The summed E-state index contributed by atoms with van der Waals surface area (Å²) in [6, 6.07) is 17.2. The highest BCUT2D eigenvalue weighted by atomic mass is 35.5. The van der Waals surface area contributed by atoms with Crippen molar-refractivity contribution in [2.45, 2.75) is 70.0 Å². The Morgan fingerprint density at radius 1 is 0.977 bits per heavy atom. The van der Waals surface area contributed by atoms with E-state index < -0.39 is 28.5 Å². The highest BCUT2D eigenvalue weighted by molar-refractivity contribution is 7.92. The topological polar surface area (TPSA) is 96.0 Å². The van der Waals surface area contributed by atoms with Gasteiger partial charge >= 0.3 is 0 Å². The molecule has 0 heterocycles. The monoisotopic (exact) mass is 645 g/mol. The van der Waals surface area contributed by atoms with Crippen LogP contribution in [0, 0.1) is 6.92 Å². The van der Waals surface area contributed by atoms with Crippen LogP contribution in [0.3, 0.4) is 0 Å². The van der Waals surface area contributed by atoms with Crippen molar-refractivity contribution in [3.63, 3.8) is 0 Å². The highest BCUT2D eigenvalue weighted by Crippen LogP contribution is 2.33. The molecule has 2 amide bonds. The van der Waals surface area contributed by atoms with Gasteiger partial charge in [0.1, 0.15) is 18.3 Å². The fourth-order valence-corrected chi connectivity index (χ4v) is 7.06. The van der Waals surface area contributed by atoms with Crippen molar-refractivity contribution in [1.82, 2.24) is 10.2 Å². The minimum Gasteiger partial charge on any atom is -0.492 e. The van der Waals surface area contributed by atoms with Crippen LogP contribution in [-0.4, -0.2) is 50.4 Å². The Labute approximate surface area is 264 Å². The maximum atomic E-state index is 14.3. The molecule has 1 fully saturated rings. The Morgan fingerprint density at radius 2 is 1.60 bits per heavy atom. The fraction of sp³-hybridized carbons (Fsp3) is 0.375. The summed E-state index contributed by atoms with van der Waals surface area (Å²) in [6.45, 7) is 4.88. The lowest BCUT2D eigenvalue weighted by molar-refractivity contribution is -0.139. The number of hydrogen-bond acceptors (Lipinski definition) is 5. The SMILES string of the molecule is CCOc1ccccc1N(CC(=O)N(Cc1c(Cl)cccc1Cl)C(C)C(=O)NC1CCCC1)S(=O)(=O)c1ccc(C)cc1. The van der Waals surface area contributed by atoms with E-state index in [1.54, 1.807) is 68.4 Å². The van der Waals surface area contributed by atoms with Gasteiger partial charge in [-0.25, -0.2) is 8.42 Å². The van der Waals surface area contributed by atoms with Gasteiger partial charge in [-0.15, -0.1) is 0 Å². The fourth-order valence-electron chi connectivity index (χ4n) is 5.12. The average molecular weight is 647 g/mol. The van der Waals surface area contributed by atoms with Gasteiger partial charge in [-0.3, -0.25) is 13.9 Å². The Morgan fingerprint density at radius 3 is 2.23 bits per heavy atom. The predicted molar refractivity (Wildman–Crippen MR) is 170 cm³/mol. The van der Waals surface area contributed by atoms with Gasteiger partial charge in [0.2, 0.25) is 11.8 Å². The molecular weight excluding hydrogens is 609 g/mol. The van der Waals surface area contributed by atoms with Crippen molar-refractivity contribution in [3.8, 4) is 5.75 Å². The smallest absolute Gasteiger partial charge is 0.264 e. The second-order valence-corrected chi connectivity index (χ2v) is 13.3. The summed E-state index contributed by atoms with van der Waals surface area (Å²) in [4.78, 5) is 29.0. The summed E-state index contributed by atoms with van der Waals surface area (Å²) in [6.07, 6.45) is 3.81. The summed E-state index contributed by atoms with van der Waals surface area (Å²) in [7, 11) is -4.24. The number of anilines is 1. The molecule has 3 aromatic rings. The Kier molecular flexibility index (Phi) is 11.0. The van der Waals surface area contributed by atoms with Crippen LogP contribution in [-0.2, 0) is 26.2 Å². The lowest BCUT2D eigenvalue weighted by atomic mass is 10.1. The van der Waals surface area contributed by atoms with E-state index in [1.165, 1.54) is 17.0 Å². The van der Waals surface area contributed by atoms with Gasteiger partial charge in [0, 0.05) is 28.2 Å². The molecule has 43 heavy (non-hydrogen) atoms. The molecule has 11 heteroatoms. The van der Waals surface area contributed by atoms with Crippen molar-refractivity contribution in [3.05, 3.63) is 87.9 Å². The molecule has 8 nitrogen and oxygen atoms in total. The molecule has 1 aliphatic rings. The van der Waals surface area contributed by atoms with E-state index in [0.717, 1.165) is 35.6 Å². The van der Waals surface area contributed by atoms with Crippen molar-refractivity contribution in [2.24, 2.45) is 0 Å². The van der Waals surface area contributed by atoms with E-state index in [9.17, 15) is 18.0 Å². The first-order valence-electron chi connectivity index (χ1n) is 14.4. The molecule has 0 spiro atoms. The van der Waals surface area contributed by atoms with E-state index in [0.29, 0.717) is 28.0 Å². The maximum Gasteiger partial charge on any atom is 0.264 e. The highest BCUT2D eigenvalue weighted by Gasteiger charge is 2.35. The van der Waals surface area contributed by atoms with E-state index in [1.807, 2.05) is 6.92 Å². The normalized spacial score (nSPS) is 14.3. The quantitative estimate of drug-likeness (QED) is 0.247. The first-order valence-corrected chi connectivity index (χ1v) is 16.6. The van der Waals surface area contributed by atoms with E-state index in [-0.39, 0.29) is 29.1 Å². The van der Waals surface area contributed by atoms with Crippen LogP contribution in [0.5, 0.6) is 5.75 Å². The first kappa shape index (κ1) is 32.6. The summed E-state index contributed by atoms with van der Waals surface area (Å²) in [5.41, 5.74) is 1.56. The van der Waals surface area contributed by atoms with E-state index in [2.05, 4.69) is 5.32 Å². The first-order chi connectivity index (χ1) is 20.5. The summed E-state index contributed by atoms with van der Waals surface area (Å²) in [5.74, 6) is -0.626. The Balaban J connectivity index is 1.75. The predicted octanol–water partition coefficient (Wildman–Crippen LogP) is 6.37. The van der Waals surface area contributed by atoms with Crippen LogP contribution < -0.4 is 14.4 Å². The summed E-state index contributed by atoms with van der Waals surface area (Å²) < 4.78 is 35.1. The Bertz CT molecular complexity index is 1520. The number of ether oxygens (including phenoxy) is 1. The molecule has 1 saturated carbocycles. The largest absolute Gasteiger partial charge is 0.492 e. The molecule has 1 atom stereocenters. The molecule has 4 rings (SSSR count). The van der Waals surface area contributed by atoms with Gasteiger partial charge in [-0.2, -0.15) is 0 Å². The van der Waals surface area contributed by atoms with Crippen molar-refractivity contribution >= 4 is 50.7 Å². The second kappa shape index (κ2) is 14.5. The lowest BCUT2D eigenvalue weighted by Gasteiger charge is -2.33. The summed E-state index contributed by atoms with van der Waals surface area (Å²) in [5, 5.41) is 3.72. The zero-order valence-corrected chi connectivity index (χ0v) is 26.9. The number of aryl methyl sites for hydroxylation is 1. The second-order valence-electron chi connectivity index (χ2n) is 10.6. The number of halogens is 2. The minimum absolute atomic E-state index is 0.0184. The van der Waals surface area contributed by atoms with Crippen LogP contribution >= 0.6 is 23.2 Å². The maximum absolute atomic E-state index is 14.3. The number of rotatable bonds is 12. The Hall–Kier alpha value is -3.27. The number of sulfonamides is 1. The molecule has 0 saturated heterocycles. The molecular formula is C32H37Cl2N3O5S. The number of hydrogen-bond donors (Lipinski definition) is 1. The third kappa shape index (κ3) is 7.82. The zero-order valence-electron chi connectivity index (χ0n) is 24.6. The minimum atomic E-state index is -4.24. The molecule has 1 aliphatic carbocycles. The zero-order chi connectivity index (χ0) is 31.1. The number of carbonyl (C=O) groups excluding carboxylic acids is 2. The molecule has 0 radical (unpaired) electrons. The third-order valence-corrected chi connectivity index (χ3v) is 10.1. The van der Waals surface area contributed by atoms with Crippen LogP contribution in [0.1, 0.15) is 50.7 Å². The van der Waals surface area contributed by atoms with Gasteiger partial charge < -0.3 is 15.0 Å². The van der Waals surface area contributed by atoms with Gasteiger partial charge in [-0.1, -0.05) is 71.9 Å². The summed E-state index contributed by atoms with van der Waals surface area (Å²) >= 11 is 13.0. The molecule has 1 unspecified atom stereocenters. The number of nitrogens with one attached hydrogen (secondary N) is 1. The van der Waals surface area contributed by atoms with Gasteiger partial charge in [0.15, 0.2) is 0 Å². The van der Waals surface area contributed by atoms with Crippen LogP contribution in [0.4, 0.5) is 5.69 Å². The third-order valence-electron chi connectivity index (χ3n) is 7.58. The van der Waals surface area contributed by atoms with Crippen molar-refractivity contribution in [1.29, 1.82) is 0 Å². The molecule has 230 valence electrons. The molecule has 1 N–H and O–H groups in total. The molecule has 3 aromatic carbocycles. The lowest BCUT2D eigenvalue weighted by Crippen LogP contribution is -2.52. The average Bonchev–Trinajstić information content (AvgIpc) is 3.49. The van der Waals surface area contributed by atoms with Crippen LogP contribution in [0.25, 0.3) is 0 Å². The molecule has 0 bridgehead atoms. The van der Waals surface area contributed by atoms with Crippen LogP contribution in [0.2, 0.25) is 10.0 Å². The number of amides is 2. The van der Waals surface area contributed by atoms with Crippen molar-refractivity contribution < 1.29 is 22.7 Å². The van der Waals surface area contributed by atoms with E-state index in [4.69, 9.17) is 27.9 Å². The van der Waals surface area contributed by atoms with Gasteiger partial charge in [-0.05, 0) is 70.0 Å².